The fourth-order valence-electron chi connectivity index (χ4n) is 11.7. The maximum absolute atomic E-state index is 6.34. The van der Waals surface area contributed by atoms with Crippen molar-refractivity contribution in [3.8, 4) is 0 Å². The summed E-state index contributed by atoms with van der Waals surface area (Å²) < 4.78 is 18.2. The van der Waals surface area contributed by atoms with Gasteiger partial charge in [-0.3, -0.25) is 0 Å². The van der Waals surface area contributed by atoms with Crippen LogP contribution < -0.4 is 0 Å². The van der Waals surface area contributed by atoms with Gasteiger partial charge in [-0.05, 0) is 129 Å². The lowest BCUT2D eigenvalue weighted by Crippen LogP contribution is -2.57. The van der Waals surface area contributed by atoms with Gasteiger partial charge in [0.15, 0.2) is 6.29 Å². The molecule has 1 unspecified atom stereocenters. The fraction of sp³-hybridized carbons (Fsp3) is 1.00. The van der Waals surface area contributed by atoms with E-state index in [2.05, 4.69) is 27.7 Å². The van der Waals surface area contributed by atoms with Crippen LogP contribution in [0.5, 0.6) is 0 Å². The highest BCUT2D eigenvalue weighted by Gasteiger charge is 2.77. The lowest BCUT2D eigenvalue weighted by Gasteiger charge is -2.61. The predicted molar refractivity (Wildman–Crippen MR) is 146 cm³/mol. The number of ether oxygens (including phenoxy) is 3. The second-order valence-corrected chi connectivity index (χ2v) is 15.1. The summed E-state index contributed by atoms with van der Waals surface area (Å²) >= 11 is 0. The lowest BCUT2D eigenvalue weighted by atomic mass is 9.45. The van der Waals surface area contributed by atoms with Crippen molar-refractivity contribution < 1.29 is 14.2 Å². The number of hydrogen-bond acceptors (Lipinski definition) is 3. The Bertz CT molecular complexity index is 777. The first-order chi connectivity index (χ1) is 17.3. The van der Waals surface area contributed by atoms with Gasteiger partial charge in [-0.2, -0.15) is 0 Å². The Morgan fingerprint density at radius 3 is 2.56 bits per heavy atom. The number of methoxy groups -OCH3 is 1. The van der Waals surface area contributed by atoms with Crippen LogP contribution in [0.2, 0.25) is 0 Å². The van der Waals surface area contributed by atoms with Crippen LogP contribution in [0.4, 0.5) is 0 Å². The number of fused-ring (bicyclic) bond motifs is 4. The molecule has 206 valence electrons. The van der Waals surface area contributed by atoms with Gasteiger partial charge in [-0.1, -0.05) is 40.5 Å². The molecule has 5 saturated carbocycles. The third-order valence-electron chi connectivity index (χ3n) is 13.6. The van der Waals surface area contributed by atoms with Crippen molar-refractivity contribution in [3.05, 3.63) is 0 Å². The molecule has 0 aromatic carbocycles. The molecule has 0 bridgehead atoms. The molecule has 6 fully saturated rings. The minimum Gasteiger partial charge on any atom is -0.381 e. The summed E-state index contributed by atoms with van der Waals surface area (Å²) in [6, 6.07) is 0. The van der Waals surface area contributed by atoms with Gasteiger partial charge in [0.05, 0.1) is 12.7 Å². The first kappa shape index (κ1) is 26.1. The van der Waals surface area contributed by atoms with E-state index in [4.69, 9.17) is 14.2 Å². The zero-order chi connectivity index (χ0) is 25.1. The first-order valence-electron chi connectivity index (χ1n) is 16.1. The van der Waals surface area contributed by atoms with Gasteiger partial charge in [-0.25, -0.2) is 0 Å². The molecule has 1 aliphatic heterocycles. The zero-order valence-corrected chi connectivity index (χ0v) is 24.2. The topological polar surface area (TPSA) is 27.7 Å². The molecule has 6 rings (SSSR count). The van der Waals surface area contributed by atoms with Crippen molar-refractivity contribution in [2.24, 2.45) is 57.7 Å². The molecule has 3 heteroatoms. The standard InChI is InChI=1S/C33H56O3/c1-22(21-36-30-11-6-7-18-35-30)9-8-10-23(2)26-12-13-27-25-19-29(34-5)33-20-24(33)14-17-32(33,4)28(25)15-16-31(26,27)3/h22-30H,6-21H2,1-5H3/t22-,23-,24-,25+,26-,27+,28+,29-,30?,31-,32-,33+/m1/s1. The lowest BCUT2D eigenvalue weighted by molar-refractivity contribution is -0.168. The monoisotopic (exact) mass is 500 g/mol. The molecule has 1 heterocycles. The van der Waals surface area contributed by atoms with Crippen molar-refractivity contribution in [3.63, 3.8) is 0 Å². The SMILES string of the molecule is CO[C@@H]1C[C@H]2[C@@H]3CC[C@H]([C@H](C)CCC[C@@H](C)COC4CCCCO4)[C@@]3(C)CC[C@@H]2[C@@]2(C)CC[C@@H]3C[C@]312. The molecule has 3 nitrogen and oxygen atoms in total. The van der Waals surface area contributed by atoms with Crippen molar-refractivity contribution in [2.75, 3.05) is 20.3 Å². The largest absolute Gasteiger partial charge is 0.381 e. The summed E-state index contributed by atoms with van der Waals surface area (Å²) in [5.41, 5.74) is 1.69. The average Bonchev–Trinajstić information content (AvgIpc) is 3.39. The minimum absolute atomic E-state index is 0.0651. The Hall–Kier alpha value is -0.120. The smallest absolute Gasteiger partial charge is 0.157 e. The summed E-state index contributed by atoms with van der Waals surface area (Å²) in [5, 5.41) is 0. The third kappa shape index (κ3) is 3.98. The van der Waals surface area contributed by atoms with Crippen LogP contribution in [0.25, 0.3) is 0 Å². The van der Waals surface area contributed by atoms with Crippen molar-refractivity contribution in [1.82, 2.24) is 0 Å². The predicted octanol–water partition coefficient (Wildman–Crippen LogP) is 8.26. The molecular formula is C33H56O3. The van der Waals surface area contributed by atoms with E-state index >= 15 is 0 Å². The summed E-state index contributed by atoms with van der Waals surface area (Å²) in [5.74, 6) is 6.24. The molecule has 0 radical (unpaired) electrons. The zero-order valence-electron chi connectivity index (χ0n) is 24.2. The van der Waals surface area contributed by atoms with Crippen LogP contribution in [-0.2, 0) is 14.2 Å². The quantitative estimate of drug-likeness (QED) is 0.319. The maximum Gasteiger partial charge on any atom is 0.157 e. The van der Waals surface area contributed by atoms with Crippen molar-refractivity contribution in [2.45, 2.75) is 130 Å². The molecule has 1 saturated heterocycles. The number of rotatable bonds is 9. The first-order valence-corrected chi connectivity index (χ1v) is 16.1. The van der Waals surface area contributed by atoms with Gasteiger partial charge in [0.25, 0.3) is 0 Å². The summed E-state index contributed by atoms with van der Waals surface area (Å²) in [7, 11) is 2.03. The van der Waals surface area contributed by atoms with Gasteiger partial charge in [0, 0.05) is 19.1 Å². The Morgan fingerprint density at radius 1 is 0.944 bits per heavy atom. The molecule has 0 amide bonds. The van der Waals surface area contributed by atoms with E-state index in [1.54, 1.807) is 0 Å². The second-order valence-electron chi connectivity index (χ2n) is 15.1. The van der Waals surface area contributed by atoms with E-state index in [9.17, 15) is 0 Å². The Morgan fingerprint density at radius 2 is 1.81 bits per heavy atom. The van der Waals surface area contributed by atoms with Crippen LogP contribution in [-0.4, -0.2) is 32.7 Å². The third-order valence-corrected chi connectivity index (χ3v) is 13.6. The highest BCUT2D eigenvalue weighted by atomic mass is 16.7. The molecule has 0 aromatic heterocycles. The van der Waals surface area contributed by atoms with Gasteiger partial charge < -0.3 is 14.2 Å². The second kappa shape index (κ2) is 9.81. The minimum atomic E-state index is 0.0651. The maximum atomic E-state index is 6.34. The fourth-order valence-corrected chi connectivity index (χ4v) is 11.7. The van der Waals surface area contributed by atoms with Gasteiger partial charge >= 0.3 is 0 Å². The van der Waals surface area contributed by atoms with Crippen molar-refractivity contribution in [1.29, 1.82) is 0 Å². The van der Waals surface area contributed by atoms with E-state index in [0.29, 0.717) is 28.3 Å². The Kier molecular flexibility index (Phi) is 7.12. The van der Waals surface area contributed by atoms with Crippen LogP contribution >= 0.6 is 0 Å². The van der Waals surface area contributed by atoms with Crippen LogP contribution in [0.15, 0.2) is 0 Å². The van der Waals surface area contributed by atoms with Crippen molar-refractivity contribution >= 4 is 0 Å². The van der Waals surface area contributed by atoms with Crippen LogP contribution in [0.3, 0.4) is 0 Å². The van der Waals surface area contributed by atoms with Gasteiger partial charge in [0.2, 0.25) is 0 Å². The molecule has 12 atom stereocenters. The Labute approximate surface area is 222 Å². The highest BCUT2D eigenvalue weighted by Crippen LogP contribution is 2.82. The Balaban J connectivity index is 1.04. The van der Waals surface area contributed by atoms with E-state index < -0.39 is 0 Å². The molecule has 1 spiro atoms. The summed E-state index contributed by atoms with van der Waals surface area (Å²) in [4.78, 5) is 0. The van der Waals surface area contributed by atoms with E-state index in [-0.39, 0.29) is 6.29 Å². The highest BCUT2D eigenvalue weighted by molar-refractivity contribution is 5.26. The van der Waals surface area contributed by atoms with E-state index in [1.165, 1.54) is 83.5 Å². The molecule has 0 N–H and O–H groups in total. The average molecular weight is 501 g/mol. The molecule has 36 heavy (non-hydrogen) atoms. The molecular weight excluding hydrogens is 444 g/mol. The molecule has 6 aliphatic rings. The molecule has 0 aromatic rings. The van der Waals surface area contributed by atoms with E-state index in [1.807, 2.05) is 7.11 Å². The van der Waals surface area contributed by atoms with Crippen LogP contribution in [0.1, 0.15) is 118 Å². The van der Waals surface area contributed by atoms with Crippen LogP contribution in [0, 0.1) is 57.7 Å². The normalized spacial score (nSPS) is 51.1. The van der Waals surface area contributed by atoms with E-state index in [0.717, 1.165) is 55.1 Å². The summed E-state index contributed by atoms with van der Waals surface area (Å²) in [6.07, 6.45) is 20.0. The summed E-state index contributed by atoms with van der Waals surface area (Å²) in [6.45, 7) is 12.2. The molecule has 5 aliphatic carbocycles. The van der Waals surface area contributed by atoms with Gasteiger partial charge in [0.1, 0.15) is 0 Å². The van der Waals surface area contributed by atoms with Gasteiger partial charge in [-0.15, -0.1) is 0 Å². The number of hydrogen-bond donors (Lipinski definition) is 0.